The molecular weight excluding hydrogens is 254 g/mol. The second kappa shape index (κ2) is 7.81. The van der Waals surface area contributed by atoms with Gasteiger partial charge < -0.3 is 5.32 Å². The summed E-state index contributed by atoms with van der Waals surface area (Å²) in [5, 5.41) is 3.49. The topological polar surface area (TPSA) is 29.1 Å². The number of hydrogen-bond donors (Lipinski definition) is 1. The first-order valence-corrected chi connectivity index (χ1v) is 8.45. The van der Waals surface area contributed by atoms with Gasteiger partial charge >= 0.3 is 0 Å². The fraction of sp³-hybridized carbons (Fsp3) is 0.625. The average molecular weight is 281 g/mol. The van der Waals surface area contributed by atoms with Crippen molar-refractivity contribution in [2.45, 2.75) is 45.4 Å². The highest BCUT2D eigenvalue weighted by Crippen LogP contribution is 2.17. The van der Waals surface area contributed by atoms with Crippen molar-refractivity contribution in [3.63, 3.8) is 0 Å². The van der Waals surface area contributed by atoms with E-state index in [2.05, 4.69) is 43.4 Å². The van der Waals surface area contributed by atoms with Gasteiger partial charge in [-0.25, -0.2) is 0 Å². The van der Waals surface area contributed by atoms with Gasteiger partial charge in [-0.3, -0.25) is 4.21 Å². The Morgan fingerprint density at radius 1 is 1.11 bits per heavy atom. The fourth-order valence-corrected chi connectivity index (χ4v) is 3.13. The van der Waals surface area contributed by atoms with Crippen molar-refractivity contribution in [3.05, 3.63) is 35.4 Å². The van der Waals surface area contributed by atoms with Crippen LogP contribution in [0.2, 0.25) is 0 Å². The Labute approximate surface area is 120 Å². The van der Waals surface area contributed by atoms with Gasteiger partial charge in [0.1, 0.15) is 0 Å². The second-order valence-corrected chi connectivity index (χ2v) is 7.81. The SMILES string of the molecule is CNC(CS(=O)C(C)C)c1ccc(CC(C)C)cc1. The van der Waals surface area contributed by atoms with E-state index < -0.39 is 10.8 Å². The summed E-state index contributed by atoms with van der Waals surface area (Å²) < 4.78 is 12.0. The lowest BCUT2D eigenvalue weighted by Crippen LogP contribution is -2.25. The van der Waals surface area contributed by atoms with Gasteiger partial charge in [-0.05, 0) is 30.5 Å². The lowest BCUT2D eigenvalue weighted by Gasteiger charge is -2.18. The van der Waals surface area contributed by atoms with E-state index in [1.165, 1.54) is 11.1 Å². The third-order valence-corrected chi connectivity index (χ3v) is 4.94. The Balaban J connectivity index is 2.73. The fourth-order valence-electron chi connectivity index (χ4n) is 2.06. The average Bonchev–Trinajstić information content (AvgIpc) is 2.36. The van der Waals surface area contributed by atoms with E-state index in [-0.39, 0.29) is 11.3 Å². The smallest absolute Gasteiger partial charge is 0.0434 e. The van der Waals surface area contributed by atoms with E-state index >= 15 is 0 Å². The molecule has 2 atom stereocenters. The molecule has 0 bridgehead atoms. The van der Waals surface area contributed by atoms with E-state index in [4.69, 9.17) is 0 Å². The van der Waals surface area contributed by atoms with Crippen LogP contribution >= 0.6 is 0 Å². The van der Waals surface area contributed by atoms with Gasteiger partial charge in [0.2, 0.25) is 0 Å². The first-order valence-electron chi connectivity index (χ1n) is 7.07. The summed E-state index contributed by atoms with van der Waals surface area (Å²) in [6, 6.07) is 8.89. The summed E-state index contributed by atoms with van der Waals surface area (Å²) in [6.07, 6.45) is 1.11. The number of rotatable bonds is 7. The normalized spacial score (nSPS) is 14.9. The first-order chi connectivity index (χ1) is 8.93. The highest BCUT2D eigenvalue weighted by molar-refractivity contribution is 7.85. The van der Waals surface area contributed by atoms with Crippen molar-refractivity contribution in [2.24, 2.45) is 5.92 Å². The van der Waals surface area contributed by atoms with E-state index in [0.29, 0.717) is 11.7 Å². The lowest BCUT2D eigenvalue weighted by atomic mass is 10.00. The van der Waals surface area contributed by atoms with Crippen molar-refractivity contribution in [3.8, 4) is 0 Å². The van der Waals surface area contributed by atoms with Crippen molar-refractivity contribution in [1.29, 1.82) is 0 Å². The van der Waals surface area contributed by atoms with Crippen LogP contribution in [0.25, 0.3) is 0 Å². The predicted octanol–water partition coefficient (Wildman–Crippen LogP) is 3.30. The Kier molecular flexibility index (Phi) is 6.73. The molecular formula is C16H27NOS. The lowest BCUT2D eigenvalue weighted by molar-refractivity contribution is 0.629. The highest BCUT2D eigenvalue weighted by atomic mass is 32.2. The van der Waals surface area contributed by atoms with E-state index in [1.54, 1.807) is 0 Å². The Morgan fingerprint density at radius 2 is 1.68 bits per heavy atom. The van der Waals surface area contributed by atoms with Gasteiger partial charge in [-0.2, -0.15) is 0 Å². The molecule has 0 fully saturated rings. The van der Waals surface area contributed by atoms with E-state index in [0.717, 1.165) is 6.42 Å². The zero-order chi connectivity index (χ0) is 14.4. The predicted molar refractivity (Wildman–Crippen MR) is 84.9 cm³/mol. The minimum atomic E-state index is -0.779. The molecule has 0 aliphatic heterocycles. The zero-order valence-electron chi connectivity index (χ0n) is 12.8. The monoisotopic (exact) mass is 281 g/mol. The maximum atomic E-state index is 12.0. The molecule has 0 amide bonds. The third-order valence-electron chi connectivity index (χ3n) is 3.23. The molecule has 0 heterocycles. The Hall–Kier alpha value is -0.670. The second-order valence-electron chi connectivity index (χ2n) is 5.78. The number of benzene rings is 1. The number of hydrogen-bond acceptors (Lipinski definition) is 2. The molecule has 1 rings (SSSR count). The van der Waals surface area contributed by atoms with Crippen molar-refractivity contribution < 1.29 is 4.21 Å². The van der Waals surface area contributed by atoms with E-state index in [9.17, 15) is 4.21 Å². The van der Waals surface area contributed by atoms with Crippen LogP contribution in [-0.4, -0.2) is 22.3 Å². The van der Waals surface area contributed by atoms with Gasteiger partial charge in [0.25, 0.3) is 0 Å². The van der Waals surface area contributed by atoms with Crippen molar-refractivity contribution in [2.75, 3.05) is 12.8 Å². The molecule has 0 aliphatic rings. The molecule has 0 saturated heterocycles. The molecule has 1 N–H and O–H groups in total. The molecule has 2 unspecified atom stereocenters. The van der Waals surface area contributed by atoms with Gasteiger partial charge in [0.15, 0.2) is 0 Å². The number of nitrogens with one attached hydrogen (secondary N) is 1. The van der Waals surface area contributed by atoms with Crippen LogP contribution in [0.4, 0.5) is 0 Å². The minimum Gasteiger partial charge on any atom is -0.312 e. The minimum absolute atomic E-state index is 0.177. The molecule has 3 heteroatoms. The summed E-state index contributed by atoms with van der Waals surface area (Å²) in [5.74, 6) is 1.36. The van der Waals surface area contributed by atoms with Crippen LogP contribution in [0.15, 0.2) is 24.3 Å². The van der Waals surface area contributed by atoms with Crippen LogP contribution < -0.4 is 5.32 Å². The highest BCUT2D eigenvalue weighted by Gasteiger charge is 2.15. The first kappa shape index (κ1) is 16.4. The summed E-state index contributed by atoms with van der Waals surface area (Å²) in [6.45, 7) is 8.48. The molecule has 1 aromatic rings. The van der Waals surface area contributed by atoms with Crippen LogP contribution in [0.1, 0.15) is 44.9 Å². The zero-order valence-corrected chi connectivity index (χ0v) is 13.6. The van der Waals surface area contributed by atoms with Crippen molar-refractivity contribution in [1.82, 2.24) is 5.32 Å². The van der Waals surface area contributed by atoms with Gasteiger partial charge in [-0.1, -0.05) is 52.0 Å². The van der Waals surface area contributed by atoms with Crippen LogP contribution in [0.5, 0.6) is 0 Å². The van der Waals surface area contributed by atoms with Gasteiger partial charge in [0, 0.05) is 27.8 Å². The standard InChI is InChI=1S/C16H27NOS/c1-12(2)10-14-6-8-15(9-7-14)16(17-5)11-19(18)13(3)4/h6-9,12-13,16-17H,10-11H2,1-5H3. The molecule has 2 nitrogen and oxygen atoms in total. The summed E-state index contributed by atoms with van der Waals surface area (Å²) in [5.41, 5.74) is 2.60. The molecule has 0 radical (unpaired) electrons. The van der Waals surface area contributed by atoms with Crippen LogP contribution in [-0.2, 0) is 17.2 Å². The molecule has 0 saturated carbocycles. The van der Waals surface area contributed by atoms with Crippen LogP contribution in [0.3, 0.4) is 0 Å². The molecule has 0 aliphatic carbocycles. The molecule has 108 valence electrons. The van der Waals surface area contributed by atoms with Gasteiger partial charge in [0.05, 0.1) is 0 Å². The largest absolute Gasteiger partial charge is 0.312 e. The quantitative estimate of drug-likeness (QED) is 0.831. The maximum Gasteiger partial charge on any atom is 0.0434 e. The Morgan fingerprint density at radius 3 is 2.11 bits per heavy atom. The summed E-state index contributed by atoms with van der Waals surface area (Å²) in [4.78, 5) is 0. The summed E-state index contributed by atoms with van der Waals surface area (Å²) >= 11 is 0. The third kappa shape index (κ3) is 5.45. The van der Waals surface area contributed by atoms with Gasteiger partial charge in [-0.15, -0.1) is 0 Å². The van der Waals surface area contributed by atoms with Crippen molar-refractivity contribution >= 4 is 10.8 Å². The Bertz CT molecular complexity index is 398. The van der Waals surface area contributed by atoms with Crippen LogP contribution in [0, 0.1) is 5.92 Å². The molecule has 0 aromatic heterocycles. The molecule has 19 heavy (non-hydrogen) atoms. The maximum absolute atomic E-state index is 12.0. The van der Waals surface area contributed by atoms with E-state index in [1.807, 2.05) is 20.9 Å². The summed E-state index contributed by atoms with van der Waals surface area (Å²) in [7, 11) is 1.16. The molecule has 1 aromatic carbocycles. The molecule has 0 spiro atoms.